The Labute approximate surface area is 180 Å². The Morgan fingerprint density at radius 3 is 2.40 bits per heavy atom. The molecule has 154 valence electrons. The van der Waals surface area contributed by atoms with Gasteiger partial charge in [-0.2, -0.15) is 0 Å². The van der Waals surface area contributed by atoms with Crippen LogP contribution < -0.4 is 10.1 Å². The first kappa shape index (κ1) is 20.2. The molecule has 0 radical (unpaired) electrons. The third-order valence-corrected chi connectivity index (χ3v) is 5.43. The number of rotatable bonds is 7. The molecule has 0 spiro atoms. The van der Waals surface area contributed by atoms with Gasteiger partial charge in [-0.15, -0.1) is 0 Å². The molecule has 0 atom stereocenters. The van der Waals surface area contributed by atoms with E-state index in [1.807, 2.05) is 36.4 Å². The van der Waals surface area contributed by atoms with Gasteiger partial charge in [-0.1, -0.05) is 35.9 Å². The maximum atomic E-state index is 13.2. The SMILES string of the molecule is CN(CCOc1ccc(Cl)cc1)C(=O)c1cc2ccccc2cc1NC(=O)C1CC1. The summed E-state index contributed by atoms with van der Waals surface area (Å²) < 4.78 is 5.70. The fourth-order valence-corrected chi connectivity index (χ4v) is 3.37. The van der Waals surface area contributed by atoms with Crippen molar-refractivity contribution < 1.29 is 14.3 Å². The summed E-state index contributed by atoms with van der Waals surface area (Å²) in [6.07, 6.45) is 1.81. The van der Waals surface area contributed by atoms with Crippen molar-refractivity contribution in [2.75, 3.05) is 25.5 Å². The molecule has 1 fully saturated rings. The molecule has 0 heterocycles. The Morgan fingerprint density at radius 2 is 1.73 bits per heavy atom. The number of carbonyl (C=O) groups is 2. The molecule has 0 unspecified atom stereocenters. The number of carbonyl (C=O) groups excluding carboxylic acids is 2. The van der Waals surface area contributed by atoms with Gasteiger partial charge in [0.1, 0.15) is 12.4 Å². The Morgan fingerprint density at radius 1 is 1.07 bits per heavy atom. The highest BCUT2D eigenvalue weighted by Crippen LogP contribution is 2.32. The predicted molar refractivity (Wildman–Crippen MR) is 119 cm³/mol. The molecule has 5 nitrogen and oxygen atoms in total. The van der Waals surface area contributed by atoms with E-state index in [2.05, 4.69) is 5.32 Å². The standard InChI is InChI=1S/C24H23ClN2O3/c1-27(12-13-30-20-10-8-19(25)9-11-20)24(29)21-14-17-4-2-3-5-18(17)15-22(21)26-23(28)16-6-7-16/h2-5,8-11,14-16H,6-7,12-13H2,1H3,(H,26,28). The van der Waals surface area contributed by atoms with E-state index in [9.17, 15) is 9.59 Å². The molecule has 0 saturated heterocycles. The Balaban J connectivity index is 1.49. The summed E-state index contributed by atoms with van der Waals surface area (Å²) in [6, 6.07) is 18.6. The largest absolute Gasteiger partial charge is 0.492 e. The van der Waals surface area contributed by atoms with Gasteiger partial charge in [0.15, 0.2) is 0 Å². The maximum absolute atomic E-state index is 13.2. The number of hydrogen-bond donors (Lipinski definition) is 1. The lowest BCUT2D eigenvalue weighted by molar-refractivity contribution is -0.117. The molecule has 1 N–H and O–H groups in total. The molecule has 1 saturated carbocycles. The summed E-state index contributed by atoms with van der Waals surface area (Å²) in [6.45, 7) is 0.755. The summed E-state index contributed by atoms with van der Waals surface area (Å²) in [5.41, 5.74) is 1.04. The number of halogens is 1. The van der Waals surface area contributed by atoms with Crippen molar-refractivity contribution in [2.45, 2.75) is 12.8 Å². The van der Waals surface area contributed by atoms with E-state index in [1.54, 1.807) is 36.2 Å². The van der Waals surface area contributed by atoms with Crippen molar-refractivity contribution in [1.82, 2.24) is 4.90 Å². The lowest BCUT2D eigenvalue weighted by atomic mass is 10.0. The number of fused-ring (bicyclic) bond motifs is 1. The normalized spacial score (nSPS) is 13.1. The average molecular weight is 423 g/mol. The molecular weight excluding hydrogens is 400 g/mol. The first-order valence-electron chi connectivity index (χ1n) is 9.99. The van der Waals surface area contributed by atoms with Crippen LogP contribution in [0.5, 0.6) is 5.75 Å². The number of amides is 2. The minimum Gasteiger partial charge on any atom is -0.492 e. The number of likely N-dealkylation sites (N-methyl/N-ethyl adjacent to an activating group) is 1. The van der Waals surface area contributed by atoms with E-state index in [1.165, 1.54) is 0 Å². The van der Waals surface area contributed by atoms with Crippen LogP contribution in [0.1, 0.15) is 23.2 Å². The zero-order chi connectivity index (χ0) is 21.1. The average Bonchev–Trinajstić information content (AvgIpc) is 3.59. The quantitative estimate of drug-likeness (QED) is 0.583. The molecule has 2 amide bonds. The highest BCUT2D eigenvalue weighted by molar-refractivity contribution is 6.30. The summed E-state index contributed by atoms with van der Waals surface area (Å²) in [5.74, 6) is 0.577. The van der Waals surface area contributed by atoms with Crippen molar-refractivity contribution in [3.05, 3.63) is 71.2 Å². The van der Waals surface area contributed by atoms with Crippen LogP contribution in [0.15, 0.2) is 60.7 Å². The summed E-state index contributed by atoms with van der Waals surface area (Å²) in [5, 5.41) is 5.54. The summed E-state index contributed by atoms with van der Waals surface area (Å²) in [7, 11) is 1.73. The highest BCUT2D eigenvalue weighted by Gasteiger charge is 2.30. The number of nitrogens with zero attached hydrogens (tertiary/aromatic N) is 1. The summed E-state index contributed by atoms with van der Waals surface area (Å²) in [4.78, 5) is 27.1. The second-order valence-electron chi connectivity index (χ2n) is 7.54. The lowest BCUT2D eigenvalue weighted by Crippen LogP contribution is -2.31. The molecule has 1 aliphatic carbocycles. The van der Waals surface area contributed by atoms with Gasteiger partial charge in [-0.3, -0.25) is 9.59 Å². The molecule has 6 heteroatoms. The van der Waals surface area contributed by atoms with Crippen LogP contribution in [-0.4, -0.2) is 36.9 Å². The molecule has 0 bridgehead atoms. The third kappa shape index (κ3) is 4.74. The van der Waals surface area contributed by atoms with Crippen molar-refractivity contribution in [2.24, 2.45) is 5.92 Å². The van der Waals surface area contributed by atoms with E-state index in [4.69, 9.17) is 16.3 Å². The van der Waals surface area contributed by atoms with Crippen molar-refractivity contribution in [3.63, 3.8) is 0 Å². The van der Waals surface area contributed by atoms with Gasteiger partial charge in [0, 0.05) is 18.0 Å². The number of hydrogen-bond acceptors (Lipinski definition) is 3. The summed E-state index contributed by atoms with van der Waals surface area (Å²) >= 11 is 5.88. The molecule has 30 heavy (non-hydrogen) atoms. The van der Waals surface area contributed by atoms with Crippen LogP contribution in [0.3, 0.4) is 0 Å². The Kier molecular flexibility index (Phi) is 5.91. The zero-order valence-electron chi connectivity index (χ0n) is 16.7. The minimum atomic E-state index is -0.161. The number of ether oxygens (including phenoxy) is 1. The van der Waals surface area contributed by atoms with Gasteiger partial charge in [-0.25, -0.2) is 0 Å². The predicted octanol–water partition coefficient (Wildman–Crippen LogP) is 4.99. The van der Waals surface area contributed by atoms with Crippen LogP contribution in [0.4, 0.5) is 5.69 Å². The molecule has 0 aliphatic heterocycles. The molecule has 0 aromatic heterocycles. The van der Waals surface area contributed by atoms with E-state index >= 15 is 0 Å². The third-order valence-electron chi connectivity index (χ3n) is 5.18. The maximum Gasteiger partial charge on any atom is 0.255 e. The van der Waals surface area contributed by atoms with E-state index in [-0.39, 0.29) is 17.7 Å². The van der Waals surface area contributed by atoms with Crippen molar-refractivity contribution in [1.29, 1.82) is 0 Å². The van der Waals surface area contributed by atoms with E-state index < -0.39 is 0 Å². The second-order valence-corrected chi connectivity index (χ2v) is 7.97. The van der Waals surface area contributed by atoms with Crippen LogP contribution in [-0.2, 0) is 4.79 Å². The van der Waals surface area contributed by atoms with Gasteiger partial charge in [0.2, 0.25) is 5.91 Å². The zero-order valence-corrected chi connectivity index (χ0v) is 17.5. The first-order valence-corrected chi connectivity index (χ1v) is 10.4. The van der Waals surface area contributed by atoms with Gasteiger partial charge in [0.25, 0.3) is 5.91 Å². The molecular formula is C24H23ClN2O3. The Hall–Kier alpha value is -3.05. The fraction of sp³-hybridized carbons (Fsp3) is 0.250. The molecule has 3 aromatic rings. The number of benzene rings is 3. The van der Waals surface area contributed by atoms with Gasteiger partial charge in [0.05, 0.1) is 17.8 Å². The van der Waals surface area contributed by atoms with Crippen molar-refractivity contribution in [3.8, 4) is 5.75 Å². The van der Waals surface area contributed by atoms with Crippen LogP contribution in [0, 0.1) is 5.92 Å². The van der Waals surface area contributed by atoms with E-state index in [0.29, 0.717) is 35.2 Å². The molecule has 1 aliphatic rings. The number of anilines is 1. The van der Waals surface area contributed by atoms with Gasteiger partial charge < -0.3 is 15.0 Å². The lowest BCUT2D eigenvalue weighted by Gasteiger charge is -2.20. The number of nitrogens with one attached hydrogen (secondary N) is 1. The van der Waals surface area contributed by atoms with Crippen molar-refractivity contribution >= 4 is 39.9 Å². The topological polar surface area (TPSA) is 58.6 Å². The first-order chi connectivity index (χ1) is 14.5. The highest BCUT2D eigenvalue weighted by atomic mass is 35.5. The fourth-order valence-electron chi connectivity index (χ4n) is 3.24. The van der Waals surface area contributed by atoms with Gasteiger partial charge in [-0.05, 0) is 60.0 Å². The van der Waals surface area contributed by atoms with Crippen LogP contribution in [0.25, 0.3) is 10.8 Å². The van der Waals surface area contributed by atoms with Crippen LogP contribution in [0.2, 0.25) is 5.02 Å². The monoisotopic (exact) mass is 422 g/mol. The second kappa shape index (κ2) is 8.76. The van der Waals surface area contributed by atoms with Gasteiger partial charge >= 0.3 is 0 Å². The molecule has 3 aromatic carbocycles. The Bertz CT molecular complexity index is 1080. The minimum absolute atomic E-state index is 0.0203. The smallest absolute Gasteiger partial charge is 0.255 e. The van der Waals surface area contributed by atoms with E-state index in [0.717, 1.165) is 23.6 Å². The van der Waals surface area contributed by atoms with Crippen LogP contribution >= 0.6 is 11.6 Å². The molecule has 4 rings (SSSR count).